The van der Waals surface area contributed by atoms with Crippen LogP contribution in [0.4, 0.5) is 5.69 Å². The minimum absolute atomic E-state index is 0.00835. The Morgan fingerprint density at radius 3 is 2.65 bits per heavy atom. The average molecular weight is 320 g/mol. The van der Waals surface area contributed by atoms with Crippen molar-refractivity contribution in [1.82, 2.24) is 5.73 Å². The Balaban J connectivity index is 2.64. The van der Waals surface area contributed by atoms with E-state index in [0.29, 0.717) is 36.4 Å². The molecular formula is C15H22N5O3. The zero-order valence-electron chi connectivity index (χ0n) is 13.3. The van der Waals surface area contributed by atoms with Gasteiger partial charge in [0, 0.05) is 12.2 Å². The quantitative estimate of drug-likeness (QED) is 0.277. The van der Waals surface area contributed by atoms with Gasteiger partial charge in [0.2, 0.25) is 5.91 Å². The highest BCUT2D eigenvalue weighted by molar-refractivity contribution is 6.00. The Morgan fingerprint density at radius 2 is 2.09 bits per heavy atom. The van der Waals surface area contributed by atoms with E-state index in [1.165, 1.54) is 20.1 Å². The van der Waals surface area contributed by atoms with Crippen LogP contribution < -0.4 is 27.3 Å². The van der Waals surface area contributed by atoms with E-state index < -0.39 is 11.9 Å². The number of ether oxygens (including phenoxy) is 1. The van der Waals surface area contributed by atoms with E-state index in [4.69, 9.17) is 21.9 Å². The summed E-state index contributed by atoms with van der Waals surface area (Å²) in [5, 5.41) is 2.62. The maximum atomic E-state index is 12.0. The SMILES string of the molecule is COc1ccc(NC(=O)[C@H]([NH])CCCN=C(N)N)cc1C(C)=O. The van der Waals surface area contributed by atoms with Gasteiger partial charge in [-0.25, -0.2) is 5.73 Å². The zero-order chi connectivity index (χ0) is 17.4. The molecule has 0 aliphatic heterocycles. The number of hydrogen-bond donors (Lipinski definition) is 3. The number of anilines is 1. The van der Waals surface area contributed by atoms with E-state index in [1.54, 1.807) is 12.1 Å². The summed E-state index contributed by atoms with van der Waals surface area (Å²) in [5.74, 6) is -0.187. The van der Waals surface area contributed by atoms with Gasteiger partial charge in [0.15, 0.2) is 11.7 Å². The smallest absolute Gasteiger partial charge is 0.242 e. The summed E-state index contributed by atoms with van der Waals surface area (Å²) < 4.78 is 5.10. The third-order valence-electron chi connectivity index (χ3n) is 3.11. The molecule has 6 N–H and O–H groups in total. The number of carbonyl (C=O) groups excluding carboxylic acids is 2. The van der Waals surface area contributed by atoms with Crippen molar-refractivity contribution >= 4 is 23.3 Å². The van der Waals surface area contributed by atoms with Crippen LogP contribution in [0.25, 0.3) is 0 Å². The van der Waals surface area contributed by atoms with Crippen LogP contribution in [0.1, 0.15) is 30.1 Å². The molecule has 0 saturated carbocycles. The standard InChI is InChI=1S/C15H22N5O3/c1-9(21)11-8-10(5-6-13(11)23-2)20-14(22)12(16)4-3-7-19-15(17)18/h5-6,8,12,16H,3-4,7H2,1-2H3,(H,20,22)(H4,17,18,19)/t12-/m1/s1. The maximum absolute atomic E-state index is 12.0. The topological polar surface area (TPSA) is 144 Å². The largest absolute Gasteiger partial charge is 0.496 e. The molecule has 1 aromatic rings. The Kier molecular flexibility index (Phi) is 7.01. The first kappa shape index (κ1) is 18.4. The first-order valence-corrected chi connectivity index (χ1v) is 7.11. The molecule has 0 saturated heterocycles. The lowest BCUT2D eigenvalue weighted by Crippen LogP contribution is -2.29. The zero-order valence-corrected chi connectivity index (χ0v) is 13.3. The van der Waals surface area contributed by atoms with Gasteiger partial charge in [-0.3, -0.25) is 14.6 Å². The number of nitrogens with zero attached hydrogens (tertiary/aromatic N) is 1. The molecule has 8 heteroatoms. The third-order valence-corrected chi connectivity index (χ3v) is 3.11. The van der Waals surface area contributed by atoms with E-state index >= 15 is 0 Å². The van der Waals surface area contributed by atoms with Crippen molar-refractivity contribution in [3.8, 4) is 5.75 Å². The Labute approximate surface area is 135 Å². The van der Waals surface area contributed by atoms with Crippen LogP contribution in [-0.2, 0) is 4.79 Å². The van der Waals surface area contributed by atoms with Crippen molar-refractivity contribution in [3.63, 3.8) is 0 Å². The summed E-state index contributed by atoms with van der Waals surface area (Å²) in [6.07, 6.45) is 0.860. The highest BCUT2D eigenvalue weighted by Gasteiger charge is 2.15. The molecule has 0 spiro atoms. The van der Waals surface area contributed by atoms with E-state index in [0.717, 1.165) is 0 Å². The minimum Gasteiger partial charge on any atom is -0.496 e. The van der Waals surface area contributed by atoms with E-state index in [9.17, 15) is 9.59 Å². The molecule has 1 radical (unpaired) electrons. The van der Waals surface area contributed by atoms with Crippen LogP contribution in [0.5, 0.6) is 5.75 Å². The molecular weight excluding hydrogens is 298 g/mol. The van der Waals surface area contributed by atoms with E-state index in [-0.39, 0.29) is 11.7 Å². The summed E-state index contributed by atoms with van der Waals surface area (Å²) in [7, 11) is 1.47. The first-order chi connectivity index (χ1) is 10.8. The second kappa shape index (κ2) is 8.74. The number of aliphatic imine (C=N–C) groups is 1. The number of guanidine groups is 1. The van der Waals surface area contributed by atoms with Crippen LogP contribution in [0, 0.1) is 0 Å². The summed E-state index contributed by atoms with van der Waals surface area (Å²) in [6, 6.07) is 3.82. The number of amides is 1. The molecule has 0 aliphatic rings. The van der Waals surface area contributed by atoms with Gasteiger partial charge in [0.25, 0.3) is 0 Å². The van der Waals surface area contributed by atoms with Crippen molar-refractivity contribution in [2.24, 2.45) is 16.5 Å². The second-order valence-corrected chi connectivity index (χ2v) is 4.96. The molecule has 1 atom stereocenters. The van der Waals surface area contributed by atoms with Crippen molar-refractivity contribution < 1.29 is 14.3 Å². The highest BCUT2D eigenvalue weighted by Crippen LogP contribution is 2.23. The van der Waals surface area contributed by atoms with Gasteiger partial charge in [-0.1, -0.05) is 0 Å². The van der Waals surface area contributed by atoms with Gasteiger partial charge < -0.3 is 21.5 Å². The molecule has 0 aliphatic carbocycles. The lowest BCUT2D eigenvalue weighted by Gasteiger charge is -2.13. The van der Waals surface area contributed by atoms with E-state index in [1.807, 2.05) is 0 Å². The lowest BCUT2D eigenvalue weighted by molar-refractivity contribution is -0.117. The number of carbonyl (C=O) groups is 2. The number of nitrogens with two attached hydrogens (primary N) is 2. The fourth-order valence-corrected chi connectivity index (χ4v) is 1.92. The Morgan fingerprint density at radius 1 is 1.39 bits per heavy atom. The number of methoxy groups -OCH3 is 1. The molecule has 23 heavy (non-hydrogen) atoms. The highest BCUT2D eigenvalue weighted by atomic mass is 16.5. The molecule has 8 nitrogen and oxygen atoms in total. The number of rotatable bonds is 8. The van der Waals surface area contributed by atoms with E-state index in [2.05, 4.69) is 10.3 Å². The molecule has 1 aromatic carbocycles. The second-order valence-electron chi connectivity index (χ2n) is 4.96. The maximum Gasteiger partial charge on any atom is 0.242 e. The van der Waals surface area contributed by atoms with Crippen molar-refractivity contribution in [1.29, 1.82) is 0 Å². The molecule has 0 unspecified atom stereocenters. The van der Waals surface area contributed by atoms with Crippen molar-refractivity contribution in [3.05, 3.63) is 23.8 Å². The molecule has 0 aromatic heterocycles. The van der Waals surface area contributed by atoms with Crippen LogP contribution >= 0.6 is 0 Å². The Bertz CT molecular complexity index is 597. The number of Topliss-reactive ketones (excluding diaryl/α,β-unsaturated/α-hetero) is 1. The minimum atomic E-state index is -0.938. The monoisotopic (exact) mass is 320 g/mol. The molecule has 0 fully saturated rings. The van der Waals surface area contributed by atoms with Crippen LogP contribution in [-0.4, -0.2) is 37.3 Å². The molecule has 1 rings (SSSR count). The van der Waals surface area contributed by atoms with Gasteiger partial charge >= 0.3 is 0 Å². The third kappa shape index (κ3) is 5.95. The van der Waals surface area contributed by atoms with Crippen LogP contribution in [0.2, 0.25) is 0 Å². The van der Waals surface area contributed by atoms with Gasteiger partial charge in [0.05, 0.1) is 12.7 Å². The summed E-state index contributed by atoms with van der Waals surface area (Å²) in [6.45, 7) is 1.79. The predicted molar refractivity (Wildman–Crippen MR) is 88.4 cm³/mol. The fraction of sp³-hybridized carbons (Fsp3) is 0.400. The van der Waals surface area contributed by atoms with Gasteiger partial charge in [-0.2, -0.15) is 0 Å². The normalized spacial score (nSPS) is 11.4. The summed E-state index contributed by atoms with van der Waals surface area (Å²) >= 11 is 0. The molecule has 125 valence electrons. The van der Waals surface area contributed by atoms with Crippen molar-refractivity contribution in [2.75, 3.05) is 19.0 Å². The Hall–Kier alpha value is -2.61. The first-order valence-electron chi connectivity index (χ1n) is 7.11. The summed E-state index contributed by atoms with van der Waals surface area (Å²) in [5.41, 5.74) is 19.0. The average Bonchev–Trinajstić information content (AvgIpc) is 2.50. The number of ketones is 1. The predicted octanol–water partition coefficient (Wildman–Crippen LogP) is 0.541. The number of benzene rings is 1. The fourth-order valence-electron chi connectivity index (χ4n) is 1.92. The van der Waals surface area contributed by atoms with Crippen LogP contribution in [0.15, 0.2) is 23.2 Å². The molecule has 0 heterocycles. The van der Waals surface area contributed by atoms with Crippen molar-refractivity contribution in [2.45, 2.75) is 25.8 Å². The molecule has 1 amide bonds. The lowest BCUT2D eigenvalue weighted by atomic mass is 10.1. The van der Waals surface area contributed by atoms with Gasteiger partial charge in [-0.15, -0.1) is 0 Å². The number of nitrogens with one attached hydrogen (secondary N) is 2. The summed E-state index contributed by atoms with van der Waals surface area (Å²) in [4.78, 5) is 27.3. The number of hydrogen-bond acceptors (Lipinski definition) is 4. The molecule has 0 bridgehead atoms. The van der Waals surface area contributed by atoms with Gasteiger partial charge in [-0.05, 0) is 38.0 Å². The van der Waals surface area contributed by atoms with Gasteiger partial charge in [0.1, 0.15) is 11.8 Å². The van der Waals surface area contributed by atoms with Crippen LogP contribution in [0.3, 0.4) is 0 Å².